The predicted octanol–water partition coefficient (Wildman–Crippen LogP) is 6.08. The van der Waals surface area contributed by atoms with Gasteiger partial charge in [0.15, 0.2) is 0 Å². The first-order valence-electron chi connectivity index (χ1n) is 10.7. The Kier molecular flexibility index (Phi) is 7.30. The summed E-state index contributed by atoms with van der Waals surface area (Å²) in [7, 11) is 0. The van der Waals surface area contributed by atoms with Crippen molar-refractivity contribution in [3.8, 4) is 11.3 Å². The third-order valence-corrected chi connectivity index (χ3v) is 5.11. The van der Waals surface area contributed by atoms with Crippen LogP contribution < -0.4 is 5.32 Å². The van der Waals surface area contributed by atoms with Crippen molar-refractivity contribution in [1.29, 1.82) is 0 Å². The van der Waals surface area contributed by atoms with E-state index in [1.54, 1.807) is 0 Å². The predicted molar refractivity (Wildman–Crippen MR) is 122 cm³/mol. The fraction of sp³-hybridized carbons (Fsp3) is 0.478. The number of rotatable bonds is 5. The maximum atomic E-state index is 10.8. The van der Waals surface area contributed by atoms with Gasteiger partial charge in [0.1, 0.15) is 0 Å². The summed E-state index contributed by atoms with van der Waals surface area (Å²) in [6, 6.07) is 6.56. The highest BCUT2D eigenvalue weighted by Crippen LogP contribution is 2.30. The van der Waals surface area contributed by atoms with Gasteiger partial charge in [0.25, 0.3) is 0 Å². The summed E-state index contributed by atoms with van der Waals surface area (Å²) in [5.41, 5.74) is 5.74. The van der Waals surface area contributed by atoms with Crippen LogP contribution in [0.1, 0.15) is 52.7 Å². The first-order chi connectivity index (χ1) is 14.8. The number of aryl methyl sites for hydroxylation is 1. The molecule has 1 aliphatic rings. The van der Waals surface area contributed by atoms with Gasteiger partial charge in [-0.3, -0.25) is 9.98 Å². The van der Waals surface area contributed by atoms with E-state index in [-0.39, 0.29) is 6.42 Å². The lowest BCUT2D eigenvalue weighted by molar-refractivity contribution is 0.144. The van der Waals surface area contributed by atoms with E-state index < -0.39 is 6.43 Å². The highest BCUT2D eigenvalue weighted by molar-refractivity contribution is 5.83. The summed E-state index contributed by atoms with van der Waals surface area (Å²) in [6.45, 7) is 9.68. The molecule has 3 aromatic heterocycles. The molecule has 1 fully saturated rings. The molecule has 0 spiro atoms. The lowest BCUT2D eigenvalue weighted by Gasteiger charge is -2.33. The lowest BCUT2D eigenvalue weighted by atomic mass is 9.82. The Morgan fingerprint density at radius 1 is 1.26 bits per heavy atom. The molecule has 166 valence electrons. The lowest BCUT2D eigenvalue weighted by Crippen LogP contribution is -2.34. The molecule has 0 aliphatic heterocycles. The second kappa shape index (κ2) is 9.94. The molecule has 0 amide bonds. The highest BCUT2D eigenvalue weighted by atomic mass is 19.3. The number of nitrogens with one attached hydrogen (secondary N) is 1. The summed E-state index contributed by atoms with van der Waals surface area (Å²) < 4.78 is 23.4. The summed E-state index contributed by atoms with van der Waals surface area (Å²) in [5.74, 6) is 1.48. The van der Waals surface area contributed by atoms with E-state index in [1.165, 1.54) is 19.8 Å². The molecule has 1 aliphatic carbocycles. The Morgan fingerprint density at radius 2 is 1.97 bits per heavy atom. The van der Waals surface area contributed by atoms with E-state index >= 15 is 0 Å². The van der Waals surface area contributed by atoms with Crippen LogP contribution in [0, 0.1) is 12.8 Å². The van der Waals surface area contributed by atoms with Gasteiger partial charge < -0.3 is 5.32 Å². The van der Waals surface area contributed by atoms with Gasteiger partial charge in [-0.25, -0.2) is 18.3 Å². The number of nitrogens with zero attached hydrogens (tertiary/aromatic N) is 5. The van der Waals surface area contributed by atoms with Crippen molar-refractivity contribution in [2.45, 2.75) is 66.3 Å². The number of hydrogen-bond donors (Lipinski definition) is 1. The normalized spacial score (nSPS) is 17.7. The molecule has 0 radical (unpaired) electrons. The zero-order chi connectivity index (χ0) is 22.5. The van der Waals surface area contributed by atoms with E-state index in [9.17, 15) is 8.78 Å². The topological polar surface area (TPSA) is 67.5 Å². The van der Waals surface area contributed by atoms with Crippen LogP contribution in [0.4, 0.5) is 20.4 Å². The van der Waals surface area contributed by atoms with Crippen molar-refractivity contribution >= 4 is 22.9 Å². The summed E-state index contributed by atoms with van der Waals surface area (Å²) >= 11 is 0. The zero-order valence-electron chi connectivity index (χ0n) is 18.7. The first kappa shape index (κ1) is 22.8. The molecule has 3 aromatic rings. The average Bonchev–Trinajstić information content (AvgIpc) is 3.12. The van der Waals surface area contributed by atoms with E-state index in [0.29, 0.717) is 12.0 Å². The molecule has 8 heteroatoms. The van der Waals surface area contributed by atoms with Crippen LogP contribution >= 0.6 is 0 Å². The number of alkyl halides is 2. The summed E-state index contributed by atoms with van der Waals surface area (Å²) in [6.07, 6.45) is 4.06. The van der Waals surface area contributed by atoms with Gasteiger partial charge in [0, 0.05) is 29.9 Å². The minimum atomic E-state index is -2.12. The molecule has 0 atom stereocenters. The maximum absolute atomic E-state index is 10.8. The second-order valence-corrected chi connectivity index (χ2v) is 8.22. The van der Waals surface area contributed by atoms with Gasteiger partial charge >= 0.3 is 0 Å². The molecular weight excluding hydrogens is 398 g/mol. The molecule has 0 unspecified atom stereocenters. The van der Waals surface area contributed by atoms with Crippen molar-refractivity contribution in [3.05, 3.63) is 36.3 Å². The van der Waals surface area contributed by atoms with Gasteiger partial charge in [-0.15, -0.1) is 5.10 Å². The SMILES string of the molecule is CC(C)=Nc1ccc(-c2ccn3nc(NC4CC(C)C4)ncc23)nc1C.CCC(F)F. The van der Waals surface area contributed by atoms with E-state index in [1.807, 2.05) is 55.9 Å². The van der Waals surface area contributed by atoms with Crippen molar-refractivity contribution in [2.24, 2.45) is 10.9 Å². The van der Waals surface area contributed by atoms with Crippen LogP contribution in [0.25, 0.3) is 16.8 Å². The van der Waals surface area contributed by atoms with Gasteiger partial charge in [-0.05, 0) is 57.7 Å². The Morgan fingerprint density at radius 3 is 2.55 bits per heavy atom. The van der Waals surface area contributed by atoms with Crippen LogP contribution in [-0.4, -0.2) is 37.8 Å². The molecule has 6 nitrogen and oxygen atoms in total. The van der Waals surface area contributed by atoms with Crippen LogP contribution in [0.3, 0.4) is 0 Å². The molecule has 1 N–H and O–H groups in total. The van der Waals surface area contributed by atoms with E-state index in [2.05, 4.69) is 27.3 Å². The van der Waals surface area contributed by atoms with E-state index in [4.69, 9.17) is 4.98 Å². The number of fused-ring (bicyclic) bond motifs is 1. The monoisotopic (exact) mass is 428 g/mol. The number of hydrogen-bond acceptors (Lipinski definition) is 5. The molecule has 1 saturated carbocycles. The standard InChI is InChI=1S/C20H24N6.C3H6F2/c1-12(2)22-17-5-6-18(23-14(17)4)16-7-8-26-19(16)11-21-20(25-26)24-15-9-13(3)10-15;1-2-3(4)5/h5-8,11,13,15H,9-10H2,1-4H3,(H,24,25);3H,2H2,1H3. The Labute approximate surface area is 181 Å². The van der Waals surface area contributed by atoms with Crippen molar-refractivity contribution in [3.63, 3.8) is 0 Å². The minimum absolute atomic E-state index is 0.0278. The minimum Gasteiger partial charge on any atom is -0.350 e. The van der Waals surface area contributed by atoms with Crippen molar-refractivity contribution in [2.75, 3.05) is 5.32 Å². The number of pyridine rings is 1. The molecular formula is C23H30F2N6. The quantitative estimate of drug-likeness (QED) is 0.500. The molecule has 0 saturated heterocycles. The molecule has 0 aromatic carbocycles. The maximum Gasteiger partial charge on any atom is 0.241 e. The summed E-state index contributed by atoms with van der Waals surface area (Å²) in [4.78, 5) is 13.7. The van der Waals surface area contributed by atoms with Crippen molar-refractivity contribution in [1.82, 2.24) is 19.6 Å². The highest BCUT2D eigenvalue weighted by Gasteiger charge is 2.25. The van der Waals surface area contributed by atoms with Crippen molar-refractivity contribution < 1.29 is 8.78 Å². The largest absolute Gasteiger partial charge is 0.350 e. The number of halogens is 2. The van der Waals surface area contributed by atoms with Crippen LogP contribution in [-0.2, 0) is 0 Å². The number of anilines is 1. The van der Waals surface area contributed by atoms with Crippen LogP contribution in [0.15, 0.2) is 35.6 Å². The summed E-state index contributed by atoms with van der Waals surface area (Å²) in [5, 5.41) is 8.00. The second-order valence-electron chi connectivity index (χ2n) is 8.22. The van der Waals surface area contributed by atoms with E-state index in [0.717, 1.165) is 39.8 Å². The smallest absolute Gasteiger partial charge is 0.241 e. The van der Waals surface area contributed by atoms with Crippen LogP contribution in [0.2, 0.25) is 0 Å². The fourth-order valence-electron chi connectivity index (χ4n) is 3.45. The Hall–Kier alpha value is -2.90. The average molecular weight is 429 g/mol. The molecule has 31 heavy (non-hydrogen) atoms. The Balaban J connectivity index is 0.000000491. The molecule has 3 heterocycles. The third-order valence-electron chi connectivity index (χ3n) is 5.11. The van der Waals surface area contributed by atoms with Gasteiger partial charge in [0.05, 0.1) is 28.8 Å². The van der Waals surface area contributed by atoms with Crippen LogP contribution in [0.5, 0.6) is 0 Å². The van der Waals surface area contributed by atoms with Gasteiger partial charge in [-0.2, -0.15) is 0 Å². The van der Waals surface area contributed by atoms with Gasteiger partial charge in [0.2, 0.25) is 12.4 Å². The molecule has 0 bridgehead atoms. The first-order valence-corrected chi connectivity index (χ1v) is 10.7. The third kappa shape index (κ3) is 5.83. The number of aliphatic imine (C=N–C) groups is 1. The Bertz CT molecular complexity index is 1050. The number of aromatic nitrogens is 4. The van der Waals surface area contributed by atoms with Gasteiger partial charge in [-0.1, -0.05) is 13.8 Å². The molecule has 4 rings (SSSR count). The fourth-order valence-corrected chi connectivity index (χ4v) is 3.45. The zero-order valence-corrected chi connectivity index (χ0v) is 18.7.